The Bertz CT molecular complexity index is 1300. The lowest BCUT2D eigenvalue weighted by Gasteiger charge is -2.27. The van der Waals surface area contributed by atoms with E-state index in [1.165, 1.54) is 116 Å². The van der Waals surface area contributed by atoms with Gasteiger partial charge in [-0.25, -0.2) is 14.4 Å². The van der Waals surface area contributed by atoms with Gasteiger partial charge >= 0.3 is 41.8 Å². The number of hydrogen-bond donors (Lipinski definition) is 0. The summed E-state index contributed by atoms with van der Waals surface area (Å²) in [5, 5.41) is 0. The second kappa shape index (κ2) is 53.9. The first-order valence-electron chi connectivity index (χ1n) is 30.1. The van der Waals surface area contributed by atoms with E-state index in [0.717, 1.165) is 122 Å². The molecule has 0 aromatic carbocycles. The first kappa shape index (κ1) is 70.0. The third-order valence-electron chi connectivity index (χ3n) is 12.9. The number of carbonyl (C=O) groups excluding carboxylic acids is 6. The summed E-state index contributed by atoms with van der Waals surface area (Å²) in [7, 11) is 0. The van der Waals surface area contributed by atoms with Crippen molar-refractivity contribution in [1.82, 2.24) is 0 Å². The van der Waals surface area contributed by atoms with Gasteiger partial charge in [0.1, 0.15) is 0 Å². The van der Waals surface area contributed by atoms with Gasteiger partial charge in [0.25, 0.3) is 0 Å². The molecule has 0 rings (SSSR count). The fourth-order valence-corrected chi connectivity index (χ4v) is 8.43. The van der Waals surface area contributed by atoms with E-state index in [1.54, 1.807) is 0 Å². The molecule has 0 bridgehead atoms. The van der Waals surface area contributed by atoms with Gasteiger partial charge in [-0.1, -0.05) is 211 Å². The topological polar surface area (TPSA) is 158 Å². The van der Waals surface area contributed by atoms with Gasteiger partial charge in [-0.3, -0.25) is 14.4 Å². The van der Waals surface area contributed by atoms with E-state index in [0.29, 0.717) is 19.3 Å². The Balaban J connectivity index is 4.77. The second-order valence-corrected chi connectivity index (χ2v) is 20.3. The Hall–Kier alpha value is -3.96. The Morgan fingerprint density at radius 2 is 0.459 bits per heavy atom. The summed E-state index contributed by atoms with van der Waals surface area (Å²) >= 11 is 0. The summed E-state index contributed by atoms with van der Waals surface area (Å²) in [5.74, 6) is -7.94. The van der Waals surface area contributed by atoms with Gasteiger partial charge in [-0.2, -0.15) is 0 Å². The van der Waals surface area contributed by atoms with E-state index in [1.807, 2.05) is 0 Å². The lowest BCUT2D eigenvalue weighted by molar-refractivity contribution is -0.323. The molecule has 0 saturated heterocycles. The van der Waals surface area contributed by atoms with E-state index in [4.69, 9.17) is 28.4 Å². The smallest absolute Gasteiger partial charge is 0.420 e. The number of ether oxygens (including phenoxy) is 6. The highest BCUT2D eigenvalue weighted by atomic mass is 16.9. The van der Waals surface area contributed by atoms with Crippen LogP contribution in [0.2, 0.25) is 0 Å². The fraction of sp³-hybridized carbons (Fsp3) is 0.806. The van der Waals surface area contributed by atoms with Crippen LogP contribution in [0.15, 0.2) is 36.5 Å². The molecule has 0 radical (unpaired) electrons. The molecule has 12 heteroatoms. The molecule has 0 fully saturated rings. The highest BCUT2D eigenvalue weighted by Gasteiger charge is 2.39. The average Bonchev–Trinajstić information content (AvgIpc) is 3.37. The summed E-state index contributed by atoms with van der Waals surface area (Å²) in [4.78, 5) is 75.8. The van der Waals surface area contributed by atoms with Crippen molar-refractivity contribution in [3.63, 3.8) is 0 Å². The Labute approximate surface area is 451 Å². The summed E-state index contributed by atoms with van der Waals surface area (Å²) < 4.78 is 30.9. The third-order valence-corrected chi connectivity index (χ3v) is 12.9. The number of unbranched alkanes of at least 4 members (excludes halogenated alkanes) is 33. The molecule has 428 valence electrons. The van der Waals surface area contributed by atoms with Gasteiger partial charge in [0.05, 0.1) is 6.92 Å². The van der Waals surface area contributed by atoms with Gasteiger partial charge in [0.2, 0.25) is 0 Å². The van der Waals surface area contributed by atoms with Crippen LogP contribution in [0.1, 0.15) is 297 Å². The SMILES string of the molecule is CCCCCCCC/C=C\CCCCCCCC(=O)OCC(=O)OC(C)(OC(=O)COC(=O)CCCCCCC/C=C\CCCCCCCC)OC(=O)COC(=O)CCCCCCC/C=C\CCCCCCCC. The zero-order valence-corrected chi connectivity index (χ0v) is 47.7. The van der Waals surface area contributed by atoms with Crippen LogP contribution in [0.25, 0.3) is 0 Å². The van der Waals surface area contributed by atoms with E-state index in [9.17, 15) is 28.8 Å². The number of rotatable bonds is 54. The molecule has 0 N–H and O–H groups in total. The molecule has 0 heterocycles. The van der Waals surface area contributed by atoms with Crippen molar-refractivity contribution in [2.75, 3.05) is 19.8 Å². The van der Waals surface area contributed by atoms with Crippen molar-refractivity contribution in [2.24, 2.45) is 0 Å². The minimum atomic E-state index is -2.65. The predicted molar refractivity (Wildman–Crippen MR) is 298 cm³/mol. The monoisotopic (exact) mass is 1040 g/mol. The van der Waals surface area contributed by atoms with Crippen molar-refractivity contribution in [3.8, 4) is 0 Å². The highest BCUT2D eigenvalue weighted by Crippen LogP contribution is 2.19. The molecule has 0 aliphatic carbocycles. The van der Waals surface area contributed by atoms with Crippen LogP contribution in [0.5, 0.6) is 0 Å². The summed E-state index contributed by atoms with van der Waals surface area (Å²) in [5.41, 5.74) is 0. The second-order valence-electron chi connectivity index (χ2n) is 20.3. The van der Waals surface area contributed by atoms with Crippen LogP contribution in [0.4, 0.5) is 0 Å². The maximum atomic E-state index is 12.8. The predicted octanol–water partition coefficient (Wildman–Crippen LogP) is 17.0. The number of esters is 6. The van der Waals surface area contributed by atoms with Crippen LogP contribution >= 0.6 is 0 Å². The normalized spacial score (nSPS) is 11.7. The van der Waals surface area contributed by atoms with Crippen molar-refractivity contribution in [3.05, 3.63) is 36.5 Å². The standard InChI is InChI=1S/C62H108O12/c1-5-8-11-14-17-20-23-26-29-32-35-38-41-44-47-50-56(63)69-53-59(66)72-62(4,73-60(67)54-70-57(64)51-48-45-42-39-36-33-30-27-24-21-18-15-12-9-6-2)74-61(68)55-71-58(65)52-49-46-43-40-37-34-31-28-25-22-19-16-13-10-7-3/h26-31H,5-25,32-55H2,1-4H3/b29-26-,30-27-,31-28-. The van der Waals surface area contributed by atoms with E-state index < -0.39 is 61.6 Å². The first-order valence-corrected chi connectivity index (χ1v) is 30.1. The lowest BCUT2D eigenvalue weighted by atomic mass is 10.1. The lowest BCUT2D eigenvalue weighted by Crippen LogP contribution is -2.44. The molecule has 0 amide bonds. The maximum Gasteiger partial charge on any atom is 0.420 e. The van der Waals surface area contributed by atoms with Gasteiger partial charge in [0.15, 0.2) is 19.8 Å². The van der Waals surface area contributed by atoms with Gasteiger partial charge in [-0.05, 0) is 96.3 Å². The summed E-state index contributed by atoms with van der Waals surface area (Å²) in [6.45, 7) is 5.21. The first-order chi connectivity index (χ1) is 36.0. The molecule has 0 aromatic heterocycles. The molecular formula is C62H108O12. The Kier molecular flexibility index (Phi) is 51.0. The Morgan fingerprint density at radius 3 is 0.676 bits per heavy atom. The molecular weight excluding hydrogens is 937 g/mol. The van der Waals surface area contributed by atoms with Crippen LogP contribution in [0, 0.1) is 0 Å². The molecule has 0 saturated carbocycles. The molecule has 0 aliphatic heterocycles. The minimum absolute atomic E-state index is 0.109. The molecule has 0 unspecified atom stereocenters. The number of hydrogen-bond acceptors (Lipinski definition) is 12. The van der Waals surface area contributed by atoms with E-state index in [2.05, 4.69) is 57.2 Å². The molecule has 0 aromatic rings. The number of carbonyl (C=O) groups is 6. The van der Waals surface area contributed by atoms with Crippen molar-refractivity contribution in [2.45, 2.75) is 303 Å². The highest BCUT2D eigenvalue weighted by molar-refractivity contribution is 5.79. The number of allylic oxidation sites excluding steroid dienone is 6. The zero-order valence-electron chi connectivity index (χ0n) is 47.7. The molecule has 12 nitrogen and oxygen atoms in total. The van der Waals surface area contributed by atoms with Crippen molar-refractivity contribution < 1.29 is 57.2 Å². The molecule has 74 heavy (non-hydrogen) atoms. The van der Waals surface area contributed by atoms with E-state index >= 15 is 0 Å². The molecule has 0 atom stereocenters. The summed E-state index contributed by atoms with van der Waals surface area (Å²) in [6.07, 6.45) is 57.7. The average molecular weight is 1050 g/mol. The van der Waals surface area contributed by atoms with Crippen molar-refractivity contribution in [1.29, 1.82) is 0 Å². The fourth-order valence-electron chi connectivity index (χ4n) is 8.43. The van der Waals surface area contributed by atoms with E-state index in [-0.39, 0.29) is 19.3 Å². The van der Waals surface area contributed by atoms with Crippen LogP contribution in [0.3, 0.4) is 0 Å². The largest absolute Gasteiger partial charge is 0.454 e. The quantitative estimate of drug-likeness (QED) is 0.0187. The minimum Gasteiger partial charge on any atom is -0.454 e. The Morgan fingerprint density at radius 1 is 0.270 bits per heavy atom. The maximum absolute atomic E-state index is 12.8. The van der Waals surface area contributed by atoms with Crippen LogP contribution < -0.4 is 0 Å². The van der Waals surface area contributed by atoms with Gasteiger partial charge < -0.3 is 28.4 Å². The van der Waals surface area contributed by atoms with Crippen LogP contribution in [-0.2, 0) is 57.2 Å². The van der Waals surface area contributed by atoms with Gasteiger partial charge in [-0.15, -0.1) is 0 Å². The molecule has 0 aliphatic rings. The zero-order chi connectivity index (χ0) is 54.3. The summed E-state index contributed by atoms with van der Waals surface area (Å²) in [6, 6.07) is 0. The van der Waals surface area contributed by atoms with Crippen molar-refractivity contribution >= 4 is 35.8 Å². The van der Waals surface area contributed by atoms with Crippen LogP contribution in [-0.4, -0.2) is 61.6 Å². The van der Waals surface area contributed by atoms with Gasteiger partial charge in [0, 0.05) is 19.3 Å². The molecule has 0 spiro atoms. The third kappa shape index (κ3) is 51.5.